The standard InChI is InChI=1S/C15H11Cl2NO2/c16-12-8-6-11(7-9-12)15(20)18-14(17)13(19)10-4-2-1-3-5-10/h1-9,14H,(H,18,20). The molecule has 5 heteroatoms. The monoisotopic (exact) mass is 307 g/mol. The van der Waals surface area contributed by atoms with Gasteiger partial charge in [0.15, 0.2) is 11.3 Å². The Bertz CT molecular complexity index is 612. The number of carbonyl (C=O) groups excluding carboxylic acids is 2. The fourth-order valence-electron chi connectivity index (χ4n) is 1.61. The van der Waals surface area contributed by atoms with Crippen molar-refractivity contribution >= 4 is 34.9 Å². The smallest absolute Gasteiger partial charge is 0.252 e. The van der Waals surface area contributed by atoms with E-state index in [1.807, 2.05) is 0 Å². The fourth-order valence-corrected chi connectivity index (χ4v) is 1.97. The van der Waals surface area contributed by atoms with Gasteiger partial charge in [0.2, 0.25) is 0 Å². The van der Waals surface area contributed by atoms with E-state index in [1.165, 1.54) is 0 Å². The number of hydrogen-bond acceptors (Lipinski definition) is 2. The quantitative estimate of drug-likeness (QED) is 0.534. The zero-order chi connectivity index (χ0) is 14.5. The molecule has 0 aromatic heterocycles. The van der Waals surface area contributed by atoms with Crippen molar-refractivity contribution in [2.75, 3.05) is 0 Å². The summed E-state index contributed by atoms with van der Waals surface area (Å²) in [7, 11) is 0. The maximum atomic E-state index is 12.0. The first-order valence-electron chi connectivity index (χ1n) is 5.87. The van der Waals surface area contributed by atoms with Crippen molar-refractivity contribution in [2.45, 2.75) is 5.50 Å². The molecule has 102 valence electrons. The van der Waals surface area contributed by atoms with Crippen LogP contribution in [-0.2, 0) is 0 Å². The van der Waals surface area contributed by atoms with E-state index in [9.17, 15) is 9.59 Å². The van der Waals surface area contributed by atoms with E-state index in [0.717, 1.165) is 0 Å². The van der Waals surface area contributed by atoms with Gasteiger partial charge in [-0.1, -0.05) is 53.5 Å². The molecular formula is C15H11Cl2NO2. The molecule has 0 fully saturated rings. The zero-order valence-electron chi connectivity index (χ0n) is 10.3. The molecule has 1 unspecified atom stereocenters. The summed E-state index contributed by atoms with van der Waals surface area (Å²) >= 11 is 11.7. The van der Waals surface area contributed by atoms with Crippen LogP contribution in [-0.4, -0.2) is 17.2 Å². The van der Waals surface area contributed by atoms with Crippen LogP contribution in [0.5, 0.6) is 0 Å². The molecule has 0 spiro atoms. The first-order valence-corrected chi connectivity index (χ1v) is 6.69. The lowest BCUT2D eigenvalue weighted by molar-refractivity contribution is 0.0889. The Hall–Kier alpha value is -1.84. The van der Waals surface area contributed by atoms with Gasteiger partial charge >= 0.3 is 0 Å². The van der Waals surface area contributed by atoms with Gasteiger partial charge in [0.25, 0.3) is 5.91 Å². The number of halogens is 2. The Balaban J connectivity index is 2.04. The number of Topliss-reactive ketones (excluding diaryl/α,β-unsaturated/α-hetero) is 1. The van der Waals surface area contributed by atoms with Gasteiger partial charge in [-0.05, 0) is 24.3 Å². The molecule has 2 aromatic carbocycles. The first-order chi connectivity index (χ1) is 9.58. The number of carbonyl (C=O) groups is 2. The average Bonchev–Trinajstić information content (AvgIpc) is 2.48. The van der Waals surface area contributed by atoms with Gasteiger partial charge in [0, 0.05) is 16.1 Å². The molecule has 0 heterocycles. The Morgan fingerprint density at radius 3 is 2.10 bits per heavy atom. The second kappa shape index (κ2) is 6.55. The van der Waals surface area contributed by atoms with E-state index < -0.39 is 11.4 Å². The molecule has 0 aliphatic carbocycles. The van der Waals surface area contributed by atoms with E-state index in [4.69, 9.17) is 23.2 Å². The lowest BCUT2D eigenvalue weighted by Crippen LogP contribution is -2.36. The van der Waals surface area contributed by atoms with Crippen LogP contribution in [0.2, 0.25) is 5.02 Å². The van der Waals surface area contributed by atoms with Gasteiger partial charge in [-0.2, -0.15) is 0 Å². The van der Waals surface area contributed by atoms with E-state index in [-0.39, 0.29) is 5.78 Å². The molecule has 0 radical (unpaired) electrons. The van der Waals surface area contributed by atoms with Crippen LogP contribution < -0.4 is 5.32 Å². The van der Waals surface area contributed by atoms with Crippen molar-refractivity contribution in [1.82, 2.24) is 5.32 Å². The maximum Gasteiger partial charge on any atom is 0.252 e. The number of benzene rings is 2. The number of alkyl halides is 1. The van der Waals surface area contributed by atoms with Crippen LogP contribution in [0.3, 0.4) is 0 Å². The minimum Gasteiger partial charge on any atom is -0.329 e. The maximum absolute atomic E-state index is 12.0. The van der Waals surface area contributed by atoms with Crippen molar-refractivity contribution in [1.29, 1.82) is 0 Å². The van der Waals surface area contributed by atoms with Gasteiger partial charge in [-0.3, -0.25) is 9.59 Å². The van der Waals surface area contributed by atoms with Gasteiger partial charge in [-0.15, -0.1) is 0 Å². The normalized spacial score (nSPS) is 11.7. The molecule has 20 heavy (non-hydrogen) atoms. The van der Waals surface area contributed by atoms with Gasteiger partial charge in [0.1, 0.15) is 0 Å². The molecule has 2 aromatic rings. The number of rotatable bonds is 4. The van der Waals surface area contributed by atoms with Crippen LogP contribution in [0.15, 0.2) is 54.6 Å². The molecule has 1 amide bonds. The highest BCUT2D eigenvalue weighted by molar-refractivity contribution is 6.34. The Labute approximate surface area is 126 Å². The van der Waals surface area contributed by atoms with Crippen molar-refractivity contribution in [3.63, 3.8) is 0 Å². The summed E-state index contributed by atoms with van der Waals surface area (Å²) in [6.07, 6.45) is 0. The van der Waals surface area contributed by atoms with Crippen LogP contribution in [0, 0.1) is 0 Å². The minimum atomic E-state index is -1.11. The molecule has 0 bridgehead atoms. The van der Waals surface area contributed by atoms with Crippen molar-refractivity contribution in [3.8, 4) is 0 Å². The van der Waals surface area contributed by atoms with E-state index in [1.54, 1.807) is 54.6 Å². The zero-order valence-corrected chi connectivity index (χ0v) is 11.9. The molecule has 1 atom stereocenters. The lowest BCUT2D eigenvalue weighted by atomic mass is 10.1. The molecule has 1 N–H and O–H groups in total. The van der Waals surface area contributed by atoms with Gasteiger partial charge in [-0.25, -0.2) is 0 Å². The number of nitrogens with one attached hydrogen (secondary N) is 1. The topological polar surface area (TPSA) is 46.2 Å². The van der Waals surface area contributed by atoms with Crippen molar-refractivity contribution in [2.24, 2.45) is 0 Å². The third kappa shape index (κ3) is 3.59. The van der Waals surface area contributed by atoms with E-state index in [2.05, 4.69) is 5.32 Å². The summed E-state index contributed by atoms with van der Waals surface area (Å²) < 4.78 is 0. The summed E-state index contributed by atoms with van der Waals surface area (Å²) in [4.78, 5) is 23.9. The third-order valence-electron chi connectivity index (χ3n) is 2.65. The predicted octanol–water partition coefficient (Wildman–Crippen LogP) is 3.52. The van der Waals surface area contributed by atoms with Crippen LogP contribution >= 0.6 is 23.2 Å². The summed E-state index contributed by atoms with van der Waals surface area (Å²) in [5, 5.41) is 2.98. The molecule has 2 rings (SSSR count). The van der Waals surface area contributed by atoms with Crippen molar-refractivity contribution in [3.05, 3.63) is 70.7 Å². The van der Waals surface area contributed by atoms with Crippen LogP contribution in [0.25, 0.3) is 0 Å². The summed E-state index contributed by atoms with van der Waals surface area (Å²) in [5.74, 6) is -0.777. The highest BCUT2D eigenvalue weighted by atomic mass is 35.5. The minimum absolute atomic E-state index is 0.352. The second-order valence-electron chi connectivity index (χ2n) is 4.07. The Kier molecular flexibility index (Phi) is 4.77. The Morgan fingerprint density at radius 1 is 0.900 bits per heavy atom. The Morgan fingerprint density at radius 2 is 1.50 bits per heavy atom. The van der Waals surface area contributed by atoms with Crippen molar-refractivity contribution < 1.29 is 9.59 Å². The number of hydrogen-bond donors (Lipinski definition) is 1. The predicted molar refractivity (Wildman–Crippen MR) is 79.3 cm³/mol. The van der Waals surface area contributed by atoms with Crippen LogP contribution in [0.1, 0.15) is 20.7 Å². The third-order valence-corrected chi connectivity index (χ3v) is 3.21. The van der Waals surface area contributed by atoms with E-state index >= 15 is 0 Å². The summed E-state index contributed by atoms with van der Waals surface area (Å²) in [6.45, 7) is 0. The highest BCUT2D eigenvalue weighted by Gasteiger charge is 2.19. The molecule has 3 nitrogen and oxygen atoms in total. The molecule has 0 saturated carbocycles. The SMILES string of the molecule is O=C(NC(Cl)C(=O)c1ccccc1)c1ccc(Cl)cc1. The van der Waals surface area contributed by atoms with Gasteiger partial charge < -0.3 is 5.32 Å². The summed E-state index contributed by atoms with van der Waals surface area (Å²) in [5.41, 5.74) is -0.273. The summed E-state index contributed by atoms with van der Waals surface area (Å²) in [6, 6.07) is 14.9. The highest BCUT2D eigenvalue weighted by Crippen LogP contribution is 2.11. The fraction of sp³-hybridized carbons (Fsp3) is 0.0667. The average molecular weight is 308 g/mol. The molecular weight excluding hydrogens is 297 g/mol. The van der Waals surface area contributed by atoms with Gasteiger partial charge in [0.05, 0.1) is 0 Å². The largest absolute Gasteiger partial charge is 0.329 e. The number of amides is 1. The lowest BCUT2D eigenvalue weighted by Gasteiger charge is -2.11. The second-order valence-corrected chi connectivity index (χ2v) is 4.95. The molecule has 0 saturated heterocycles. The molecule has 0 aliphatic heterocycles. The first kappa shape index (κ1) is 14.6. The van der Waals surface area contributed by atoms with E-state index in [0.29, 0.717) is 16.1 Å². The van der Waals surface area contributed by atoms with Crippen LogP contribution in [0.4, 0.5) is 0 Å². The molecule has 0 aliphatic rings. The number of ketones is 1.